The van der Waals surface area contributed by atoms with E-state index in [-0.39, 0.29) is 6.10 Å². The number of rotatable bonds is 12. The molecule has 2 aliphatic rings. The van der Waals surface area contributed by atoms with E-state index in [0.29, 0.717) is 37.0 Å². The van der Waals surface area contributed by atoms with Gasteiger partial charge in [-0.2, -0.15) is 0 Å². The Morgan fingerprint density at radius 2 is 1.74 bits per heavy atom. The number of carbonyl (C=O) groups is 1. The molecular weight excluding hydrogens is 564 g/mol. The number of likely N-dealkylation sites (tertiary alicyclic amines) is 2. The SMILES string of the molecule is Cc1c(COc2ccc(CN3CCCCC3C(=O)O)cc2Cl)cccc1-c1cccc(OCCCN2CCC(O)C2)c1C. The van der Waals surface area contributed by atoms with Gasteiger partial charge in [0.05, 0.1) is 17.7 Å². The second kappa shape index (κ2) is 14.6. The van der Waals surface area contributed by atoms with Crippen LogP contribution in [-0.4, -0.2) is 70.9 Å². The molecule has 2 fully saturated rings. The molecule has 5 rings (SSSR count). The van der Waals surface area contributed by atoms with Gasteiger partial charge in [-0.05, 0) is 97.7 Å². The van der Waals surface area contributed by atoms with Gasteiger partial charge in [0.15, 0.2) is 0 Å². The lowest BCUT2D eigenvalue weighted by Crippen LogP contribution is -2.43. The molecule has 230 valence electrons. The van der Waals surface area contributed by atoms with Crippen LogP contribution in [0.25, 0.3) is 11.1 Å². The highest BCUT2D eigenvalue weighted by Crippen LogP contribution is 2.34. The van der Waals surface area contributed by atoms with Crippen molar-refractivity contribution in [3.63, 3.8) is 0 Å². The predicted molar refractivity (Wildman–Crippen MR) is 170 cm³/mol. The first kappa shape index (κ1) is 31.3. The van der Waals surface area contributed by atoms with Crippen molar-refractivity contribution in [2.24, 2.45) is 0 Å². The van der Waals surface area contributed by atoms with E-state index in [4.69, 9.17) is 21.1 Å². The van der Waals surface area contributed by atoms with Gasteiger partial charge in [-0.25, -0.2) is 0 Å². The Morgan fingerprint density at radius 1 is 0.953 bits per heavy atom. The predicted octanol–water partition coefficient (Wildman–Crippen LogP) is 6.48. The van der Waals surface area contributed by atoms with E-state index in [1.165, 1.54) is 0 Å². The first-order valence-electron chi connectivity index (χ1n) is 15.4. The summed E-state index contributed by atoms with van der Waals surface area (Å²) in [6, 6.07) is 17.8. The molecule has 0 spiro atoms. The lowest BCUT2D eigenvalue weighted by atomic mass is 9.93. The maximum atomic E-state index is 11.7. The molecule has 43 heavy (non-hydrogen) atoms. The maximum absolute atomic E-state index is 11.7. The number of hydrogen-bond donors (Lipinski definition) is 2. The van der Waals surface area contributed by atoms with E-state index in [9.17, 15) is 15.0 Å². The summed E-state index contributed by atoms with van der Waals surface area (Å²) in [6.45, 7) is 9.24. The molecule has 0 bridgehead atoms. The Balaban J connectivity index is 1.21. The molecule has 0 aromatic heterocycles. The number of ether oxygens (including phenoxy) is 2. The van der Waals surface area contributed by atoms with Crippen molar-refractivity contribution in [2.45, 2.75) is 71.2 Å². The number of piperidine rings is 1. The molecule has 2 heterocycles. The number of aliphatic hydroxyl groups excluding tert-OH is 1. The number of aliphatic carboxylic acids is 1. The van der Waals surface area contributed by atoms with Gasteiger partial charge in [-0.15, -0.1) is 0 Å². The van der Waals surface area contributed by atoms with Gasteiger partial charge in [0.2, 0.25) is 0 Å². The fourth-order valence-electron chi connectivity index (χ4n) is 6.29. The zero-order valence-corrected chi connectivity index (χ0v) is 26.0. The van der Waals surface area contributed by atoms with Crippen molar-refractivity contribution < 1.29 is 24.5 Å². The highest BCUT2D eigenvalue weighted by Gasteiger charge is 2.28. The minimum atomic E-state index is -0.757. The largest absolute Gasteiger partial charge is 0.493 e. The summed E-state index contributed by atoms with van der Waals surface area (Å²) >= 11 is 6.63. The maximum Gasteiger partial charge on any atom is 0.320 e. The molecule has 2 saturated heterocycles. The Labute approximate surface area is 260 Å². The molecule has 2 unspecified atom stereocenters. The number of hydrogen-bond acceptors (Lipinski definition) is 6. The molecular formula is C35H43ClN2O5. The first-order chi connectivity index (χ1) is 20.8. The molecule has 7 nitrogen and oxygen atoms in total. The monoisotopic (exact) mass is 606 g/mol. The van der Waals surface area contributed by atoms with Crippen molar-refractivity contribution in [1.82, 2.24) is 9.80 Å². The fraction of sp³-hybridized carbons (Fsp3) is 0.457. The van der Waals surface area contributed by atoms with Gasteiger partial charge < -0.3 is 24.6 Å². The van der Waals surface area contributed by atoms with Gasteiger partial charge >= 0.3 is 5.97 Å². The summed E-state index contributed by atoms with van der Waals surface area (Å²) in [5, 5.41) is 19.8. The normalized spacial score (nSPS) is 19.4. The molecule has 0 radical (unpaired) electrons. The van der Waals surface area contributed by atoms with E-state index in [1.807, 2.05) is 35.2 Å². The number of carboxylic acids is 1. The number of β-amino-alcohol motifs (C(OH)–C–C–N with tert-alkyl or cyclic N) is 1. The second-order valence-electron chi connectivity index (χ2n) is 11.8. The van der Waals surface area contributed by atoms with Crippen LogP contribution in [0.1, 0.15) is 54.4 Å². The quantitative estimate of drug-likeness (QED) is 0.228. The average molecular weight is 607 g/mol. The lowest BCUT2D eigenvalue weighted by molar-refractivity contribution is -0.144. The summed E-state index contributed by atoms with van der Waals surface area (Å²) in [7, 11) is 0. The van der Waals surface area contributed by atoms with Crippen LogP contribution in [-0.2, 0) is 17.9 Å². The fourth-order valence-corrected chi connectivity index (χ4v) is 6.55. The summed E-state index contributed by atoms with van der Waals surface area (Å²) in [5.41, 5.74) is 6.60. The second-order valence-corrected chi connectivity index (χ2v) is 12.2. The summed E-state index contributed by atoms with van der Waals surface area (Å²) in [4.78, 5) is 16.0. The average Bonchev–Trinajstić information content (AvgIpc) is 3.41. The third kappa shape index (κ3) is 7.90. The molecule has 0 aliphatic carbocycles. The molecule has 8 heteroatoms. The lowest BCUT2D eigenvalue weighted by Gasteiger charge is -2.32. The Morgan fingerprint density at radius 3 is 2.49 bits per heavy atom. The molecule has 3 aromatic rings. The number of aliphatic hydroxyl groups is 1. The minimum absolute atomic E-state index is 0.188. The zero-order valence-electron chi connectivity index (χ0n) is 25.2. The summed E-state index contributed by atoms with van der Waals surface area (Å²) < 4.78 is 12.4. The Kier molecular flexibility index (Phi) is 10.6. The van der Waals surface area contributed by atoms with Crippen LogP contribution >= 0.6 is 11.6 Å². The molecule has 0 amide bonds. The third-order valence-corrected chi connectivity index (χ3v) is 9.10. The van der Waals surface area contributed by atoms with Crippen molar-refractivity contribution >= 4 is 17.6 Å². The Hall–Kier alpha value is -3.10. The van der Waals surface area contributed by atoms with Gasteiger partial charge in [-0.3, -0.25) is 9.69 Å². The van der Waals surface area contributed by atoms with Crippen molar-refractivity contribution in [3.05, 3.63) is 81.9 Å². The van der Waals surface area contributed by atoms with Gasteiger partial charge in [0.25, 0.3) is 0 Å². The van der Waals surface area contributed by atoms with Crippen molar-refractivity contribution in [2.75, 3.05) is 32.8 Å². The first-order valence-corrected chi connectivity index (χ1v) is 15.8. The van der Waals surface area contributed by atoms with Crippen LogP contribution in [0.3, 0.4) is 0 Å². The van der Waals surface area contributed by atoms with Gasteiger partial charge in [0.1, 0.15) is 24.1 Å². The Bertz CT molecular complexity index is 1410. The van der Waals surface area contributed by atoms with E-state index < -0.39 is 12.0 Å². The molecule has 3 aromatic carbocycles. The molecule has 2 aliphatic heterocycles. The van der Waals surface area contributed by atoms with Crippen molar-refractivity contribution in [1.29, 1.82) is 0 Å². The number of benzene rings is 3. The molecule has 2 atom stereocenters. The summed E-state index contributed by atoms with van der Waals surface area (Å²) in [6.07, 6.45) is 4.25. The highest BCUT2D eigenvalue weighted by atomic mass is 35.5. The van der Waals surface area contributed by atoms with Gasteiger partial charge in [0, 0.05) is 26.2 Å². The van der Waals surface area contributed by atoms with Crippen LogP contribution in [0.15, 0.2) is 54.6 Å². The third-order valence-electron chi connectivity index (χ3n) is 8.81. The topological polar surface area (TPSA) is 82.5 Å². The van der Waals surface area contributed by atoms with E-state index in [2.05, 4.69) is 43.0 Å². The van der Waals surface area contributed by atoms with Crippen LogP contribution in [0, 0.1) is 13.8 Å². The standard InChI is InChI=1S/C35H43ClN2O5/c1-24-27(23-43-34-14-13-26(20-31(34)36)21-38-17-4-3-11-32(38)35(40)41)8-5-9-29(24)30-10-6-12-33(25(30)2)42-19-7-16-37-18-15-28(39)22-37/h5-6,8-10,12-14,20,28,32,39H,3-4,7,11,15-19,21-23H2,1-2H3,(H,40,41). The van der Waals surface area contributed by atoms with Crippen molar-refractivity contribution in [3.8, 4) is 22.6 Å². The minimum Gasteiger partial charge on any atom is -0.493 e. The molecule has 0 saturated carbocycles. The van der Waals surface area contributed by atoms with Gasteiger partial charge in [-0.1, -0.05) is 54.4 Å². The van der Waals surface area contributed by atoms with E-state index >= 15 is 0 Å². The van der Waals surface area contributed by atoms with Crippen LogP contribution in [0.5, 0.6) is 11.5 Å². The zero-order chi connectivity index (χ0) is 30.3. The van der Waals surface area contributed by atoms with Crippen LogP contribution in [0.2, 0.25) is 5.02 Å². The molecule has 2 N–H and O–H groups in total. The smallest absolute Gasteiger partial charge is 0.320 e. The number of halogens is 1. The number of carboxylic acid groups (broad SMARTS) is 1. The van der Waals surface area contributed by atoms with E-state index in [0.717, 1.165) is 91.0 Å². The number of nitrogens with zero attached hydrogens (tertiary/aromatic N) is 2. The van der Waals surface area contributed by atoms with Crippen LogP contribution < -0.4 is 9.47 Å². The van der Waals surface area contributed by atoms with E-state index in [1.54, 1.807) is 0 Å². The highest BCUT2D eigenvalue weighted by molar-refractivity contribution is 6.32. The summed E-state index contributed by atoms with van der Waals surface area (Å²) in [5.74, 6) is 0.748. The van der Waals surface area contributed by atoms with Crippen LogP contribution in [0.4, 0.5) is 0 Å².